The van der Waals surface area contributed by atoms with E-state index < -0.39 is 5.91 Å². The van der Waals surface area contributed by atoms with E-state index in [9.17, 15) is 9.59 Å². The molecule has 0 atom stereocenters. The van der Waals surface area contributed by atoms with Gasteiger partial charge in [0.05, 0.1) is 10.4 Å². The van der Waals surface area contributed by atoms with E-state index in [2.05, 4.69) is 31.8 Å². The number of hydrogen-bond donors (Lipinski definition) is 2. The van der Waals surface area contributed by atoms with Gasteiger partial charge in [-0.2, -0.15) is 0 Å². The first-order chi connectivity index (χ1) is 10.1. The smallest absolute Gasteiger partial charge is 0.267 e. The Balaban J connectivity index is 1.61. The summed E-state index contributed by atoms with van der Waals surface area (Å²) in [5.41, 5.74) is 6.46. The molecule has 3 rings (SSSR count). The number of aryl methyl sites for hydroxylation is 2. The number of nitrogens with zero attached hydrogens (tertiary/aromatic N) is 1. The molecule has 1 aliphatic rings. The Morgan fingerprint density at radius 3 is 2.71 bits per heavy atom. The number of carbonyl (C=O) groups excluding carboxylic acids is 2. The van der Waals surface area contributed by atoms with E-state index in [-0.39, 0.29) is 5.91 Å². The molecule has 0 fully saturated rings. The van der Waals surface area contributed by atoms with E-state index in [0.29, 0.717) is 14.9 Å². The summed E-state index contributed by atoms with van der Waals surface area (Å²) in [4.78, 5) is 29.7. The first-order valence-corrected chi connectivity index (χ1v) is 8.07. The van der Waals surface area contributed by atoms with Crippen LogP contribution in [0.4, 0.5) is 0 Å². The van der Waals surface area contributed by atoms with Crippen molar-refractivity contribution >= 4 is 39.1 Å². The van der Waals surface area contributed by atoms with Crippen LogP contribution in [0, 0.1) is 0 Å². The molecule has 7 heteroatoms. The summed E-state index contributed by atoms with van der Waals surface area (Å²) >= 11 is 4.74. The largest absolute Gasteiger partial charge is 0.279 e. The molecule has 21 heavy (non-hydrogen) atoms. The van der Waals surface area contributed by atoms with Gasteiger partial charge in [-0.25, -0.2) is 0 Å². The van der Waals surface area contributed by atoms with E-state index in [4.69, 9.17) is 0 Å². The van der Waals surface area contributed by atoms with Gasteiger partial charge in [0.1, 0.15) is 0 Å². The number of amides is 2. The number of carbonyl (C=O) groups is 2. The summed E-state index contributed by atoms with van der Waals surface area (Å²) in [5, 5.41) is 0. The van der Waals surface area contributed by atoms with Crippen molar-refractivity contribution < 1.29 is 9.59 Å². The molecule has 1 aliphatic carbocycles. The first-order valence-electron chi connectivity index (χ1n) is 6.46. The summed E-state index contributed by atoms with van der Waals surface area (Å²) < 4.78 is 0.705. The molecule has 2 aromatic rings. The van der Waals surface area contributed by atoms with Gasteiger partial charge in [0.25, 0.3) is 11.8 Å². The lowest BCUT2D eigenvalue weighted by Gasteiger charge is -2.06. The summed E-state index contributed by atoms with van der Waals surface area (Å²) in [6.07, 6.45) is 6.27. The molecule has 0 saturated heterocycles. The second kappa shape index (κ2) is 5.95. The molecule has 0 aromatic carbocycles. The lowest BCUT2D eigenvalue weighted by Crippen LogP contribution is -2.41. The van der Waals surface area contributed by atoms with Gasteiger partial charge in [0.15, 0.2) is 0 Å². The molecular formula is C14H12BrN3O2S. The van der Waals surface area contributed by atoms with Gasteiger partial charge >= 0.3 is 0 Å². The Labute approximate surface area is 133 Å². The molecule has 0 spiro atoms. The zero-order valence-corrected chi connectivity index (χ0v) is 13.4. The van der Waals surface area contributed by atoms with Crippen LogP contribution in [-0.4, -0.2) is 16.8 Å². The SMILES string of the molecule is O=C(NNC(=O)c1cc2c(s1)CCC2)c1cncc(Br)c1. The molecular weight excluding hydrogens is 354 g/mol. The van der Waals surface area contributed by atoms with Crippen LogP contribution >= 0.6 is 27.3 Å². The first kappa shape index (κ1) is 14.2. The Morgan fingerprint density at radius 1 is 1.14 bits per heavy atom. The third-order valence-electron chi connectivity index (χ3n) is 3.23. The standard InChI is InChI=1S/C14H12BrN3O2S/c15-10-4-9(6-16-7-10)13(19)17-18-14(20)12-5-8-2-1-3-11(8)21-12/h4-7H,1-3H2,(H,17,19)(H,18,20). The molecule has 108 valence electrons. The number of aromatic nitrogens is 1. The van der Waals surface area contributed by atoms with Crippen LogP contribution in [0.15, 0.2) is 29.0 Å². The summed E-state index contributed by atoms with van der Waals surface area (Å²) in [6, 6.07) is 3.54. The summed E-state index contributed by atoms with van der Waals surface area (Å²) in [5.74, 6) is -0.688. The summed E-state index contributed by atoms with van der Waals surface area (Å²) in [6.45, 7) is 0. The second-order valence-corrected chi connectivity index (χ2v) is 6.77. The normalized spacial score (nSPS) is 12.8. The number of pyridine rings is 1. The Bertz CT molecular complexity index is 692. The second-order valence-electron chi connectivity index (χ2n) is 4.71. The number of hydrazine groups is 1. The molecule has 0 radical (unpaired) electrons. The summed E-state index contributed by atoms with van der Waals surface area (Å²) in [7, 11) is 0. The van der Waals surface area contributed by atoms with Crippen molar-refractivity contribution in [3.8, 4) is 0 Å². The van der Waals surface area contributed by atoms with Crippen LogP contribution in [0.2, 0.25) is 0 Å². The van der Waals surface area contributed by atoms with Gasteiger partial charge in [0.2, 0.25) is 0 Å². The van der Waals surface area contributed by atoms with Crippen molar-refractivity contribution in [2.75, 3.05) is 0 Å². The average Bonchev–Trinajstić information content (AvgIpc) is 3.05. The highest BCUT2D eigenvalue weighted by Crippen LogP contribution is 2.30. The number of fused-ring (bicyclic) bond motifs is 1. The van der Waals surface area contributed by atoms with Crippen LogP contribution in [-0.2, 0) is 12.8 Å². The van der Waals surface area contributed by atoms with Gasteiger partial charge < -0.3 is 0 Å². The molecule has 0 saturated carbocycles. The van der Waals surface area contributed by atoms with E-state index >= 15 is 0 Å². The monoisotopic (exact) mass is 365 g/mol. The topological polar surface area (TPSA) is 71.1 Å². The Kier molecular flexibility index (Phi) is 4.03. The van der Waals surface area contributed by atoms with E-state index in [0.717, 1.165) is 19.3 Å². The maximum atomic E-state index is 12.0. The predicted octanol–water partition coefficient (Wildman–Crippen LogP) is 2.47. The number of rotatable bonds is 2. The van der Waals surface area contributed by atoms with Gasteiger partial charge in [-0.15, -0.1) is 11.3 Å². The zero-order chi connectivity index (χ0) is 14.8. The molecule has 0 aliphatic heterocycles. The van der Waals surface area contributed by atoms with Gasteiger partial charge in [-0.05, 0) is 52.9 Å². The van der Waals surface area contributed by atoms with Crippen molar-refractivity contribution in [3.63, 3.8) is 0 Å². The predicted molar refractivity (Wildman–Crippen MR) is 83.2 cm³/mol. The van der Waals surface area contributed by atoms with Crippen LogP contribution in [0.25, 0.3) is 0 Å². The van der Waals surface area contributed by atoms with Crippen LogP contribution < -0.4 is 10.9 Å². The number of nitrogens with one attached hydrogen (secondary N) is 2. The average molecular weight is 366 g/mol. The number of halogens is 1. The fourth-order valence-electron chi connectivity index (χ4n) is 2.22. The quantitative estimate of drug-likeness (QED) is 0.803. The molecule has 2 heterocycles. The van der Waals surface area contributed by atoms with E-state index in [1.54, 1.807) is 12.3 Å². The van der Waals surface area contributed by atoms with Crippen molar-refractivity contribution in [1.29, 1.82) is 0 Å². The molecule has 2 N–H and O–H groups in total. The van der Waals surface area contributed by atoms with Crippen molar-refractivity contribution in [2.45, 2.75) is 19.3 Å². The molecule has 2 aromatic heterocycles. The van der Waals surface area contributed by atoms with Crippen LogP contribution in [0.3, 0.4) is 0 Å². The van der Waals surface area contributed by atoms with Gasteiger partial charge in [-0.3, -0.25) is 25.4 Å². The highest BCUT2D eigenvalue weighted by Gasteiger charge is 2.18. The third-order valence-corrected chi connectivity index (χ3v) is 4.90. The highest BCUT2D eigenvalue weighted by molar-refractivity contribution is 9.10. The molecule has 2 amide bonds. The minimum Gasteiger partial charge on any atom is -0.267 e. The minimum absolute atomic E-state index is 0.286. The minimum atomic E-state index is -0.402. The lowest BCUT2D eigenvalue weighted by atomic mass is 10.2. The molecule has 5 nitrogen and oxygen atoms in total. The van der Waals surface area contributed by atoms with E-state index in [1.165, 1.54) is 28.0 Å². The van der Waals surface area contributed by atoms with E-state index in [1.807, 2.05) is 6.07 Å². The van der Waals surface area contributed by atoms with Crippen molar-refractivity contribution in [2.24, 2.45) is 0 Å². The van der Waals surface area contributed by atoms with Crippen LogP contribution in [0.1, 0.15) is 36.9 Å². The fraction of sp³-hybridized carbons (Fsp3) is 0.214. The van der Waals surface area contributed by atoms with Crippen LogP contribution in [0.5, 0.6) is 0 Å². The molecule has 0 bridgehead atoms. The number of thiophene rings is 1. The lowest BCUT2D eigenvalue weighted by molar-refractivity contribution is 0.0848. The fourth-order valence-corrected chi connectivity index (χ4v) is 3.74. The van der Waals surface area contributed by atoms with Crippen molar-refractivity contribution in [1.82, 2.24) is 15.8 Å². The van der Waals surface area contributed by atoms with Gasteiger partial charge in [-0.1, -0.05) is 0 Å². The van der Waals surface area contributed by atoms with Crippen molar-refractivity contribution in [3.05, 3.63) is 49.9 Å². The van der Waals surface area contributed by atoms with Gasteiger partial charge in [0, 0.05) is 21.7 Å². The maximum absolute atomic E-state index is 12.0. The Morgan fingerprint density at radius 2 is 1.95 bits per heavy atom. The number of hydrogen-bond acceptors (Lipinski definition) is 4. The maximum Gasteiger partial charge on any atom is 0.279 e. The highest BCUT2D eigenvalue weighted by atomic mass is 79.9. The molecule has 0 unspecified atom stereocenters. The zero-order valence-electron chi connectivity index (χ0n) is 11.0. The Hall–Kier alpha value is -1.73. The third kappa shape index (κ3) is 3.14.